The van der Waals surface area contributed by atoms with E-state index in [-0.39, 0.29) is 11.9 Å². The molecular formula is C14H23N3OS. The predicted molar refractivity (Wildman–Crippen MR) is 78.5 cm³/mol. The van der Waals surface area contributed by atoms with Crippen molar-refractivity contribution in [3.8, 4) is 0 Å². The summed E-state index contributed by atoms with van der Waals surface area (Å²) in [5, 5.41) is 4.27. The minimum atomic E-state index is -0.239. The molecule has 0 aromatic rings. The van der Waals surface area contributed by atoms with Crippen LogP contribution in [0.4, 0.5) is 0 Å². The van der Waals surface area contributed by atoms with Gasteiger partial charge in [-0.25, -0.2) is 0 Å². The molecule has 2 saturated carbocycles. The van der Waals surface area contributed by atoms with Gasteiger partial charge in [0.2, 0.25) is 5.91 Å². The third kappa shape index (κ3) is 2.57. The summed E-state index contributed by atoms with van der Waals surface area (Å²) < 4.78 is 0. The lowest BCUT2D eigenvalue weighted by Crippen LogP contribution is -2.55. The van der Waals surface area contributed by atoms with Crippen molar-refractivity contribution < 1.29 is 4.79 Å². The molecule has 1 saturated heterocycles. The van der Waals surface area contributed by atoms with Crippen LogP contribution in [0.2, 0.25) is 0 Å². The molecule has 1 amide bonds. The molecule has 5 heteroatoms. The Balaban J connectivity index is 1.61. The van der Waals surface area contributed by atoms with Crippen LogP contribution in [0.3, 0.4) is 0 Å². The van der Waals surface area contributed by atoms with Crippen LogP contribution in [0.5, 0.6) is 0 Å². The average Bonchev–Trinajstić information content (AvgIpc) is 3.01. The van der Waals surface area contributed by atoms with Crippen LogP contribution in [-0.4, -0.2) is 34.5 Å². The number of thiocarbonyl (C=S) groups is 1. The zero-order chi connectivity index (χ0) is 13.4. The second-order valence-corrected chi connectivity index (χ2v) is 6.72. The van der Waals surface area contributed by atoms with Crippen molar-refractivity contribution in [2.24, 2.45) is 17.6 Å². The Labute approximate surface area is 120 Å². The summed E-state index contributed by atoms with van der Waals surface area (Å²) in [5.74, 6) is 1.45. The first-order valence-corrected chi connectivity index (χ1v) is 7.92. The van der Waals surface area contributed by atoms with Crippen LogP contribution < -0.4 is 11.1 Å². The first kappa shape index (κ1) is 13.2. The highest BCUT2D eigenvalue weighted by atomic mass is 32.1. The summed E-state index contributed by atoms with van der Waals surface area (Å²) in [4.78, 5) is 13.5. The van der Waals surface area contributed by atoms with Gasteiger partial charge in [-0.05, 0) is 62.6 Å². The van der Waals surface area contributed by atoms with Gasteiger partial charge in [-0.1, -0.05) is 6.42 Å². The summed E-state index contributed by atoms with van der Waals surface area (Å²) >= 11 is 5.53. The molecule has 0 aromatic heterocycles. The maximum Gasteiger partial charge on any atom is 0.240 e. The summed E-state index contributed by atoms with van der Waals surface area (Å²) in [5.41, 5.74) is 5.50. The third-order valence-electron chi connectivity index (χ3n) is 5.14. The standard InChI is InChI=1S/C14H23N3OS/c15-13(18)12-3-1-2-6-17(12)14(19)16-11-8-9-4-5-10(11)7-9/h9-12H,1-8H2,(H2,15,18)(H,16,19)/t9-,10-,11+,12+/m1/s1. The van der Waals surface area contributed by atoms with E-state index >= 15 is 0 Å². The lowest BCUT2D eigenvalue weighted by Gasteiger charge is -2.37. The molecule has 106 valence electrons. The summed E-state index contributed by atoms with van der Waals surface area (Å²) in [6.07, 6.45) is 8.35. The van der Waals surface area contributed by atoms with E-state index in [1.807, 2.05) is 4.90 Å². The van der Waals surface area contributed by atoms with E-state index < -0.39 is 0 Å². The highest BCUT2D eigenvalue weighted by Crippen LogP contribution is 2.44. The van der Waals surface area contributed by atoms with Crippen molar-refractivity contribution in [2.45, 2.75) is 57.0 Å². The van der Waals surface area contributed by atoms with Crippen LogP contribution in [-0.2, 0) is 4.79 Å². The highest BCUT2D eigenvalue weighted by molar-refractivity contribution is 7.80. The molecule has 3 fully saturated rings. The largest absolute Gasteiger partial charge is 0.368 e. The molecule has 4 nitrogen and oxygen atoms in total. The minimum absolute atomic E-state index is 0.202. The lowest BCUT2D eigenvalue weighted by atomic mass is 9.95. The van der Waals surface area contributed by atoms with Gasteiger partial charge in [0.05, 0.1) is 0 Å². The Bertz CT molecular complexity index is 387. The van der Waals surface area contributed by atoms with Crippen molar-refractivity contribution in [3.05, 3.63) is 0 Å². The number of carbonyl (C=O) groups excluding carboxylic acids is 1. The van der Waals surface area contributed by atoms with E-state index in [4.69, 9.17) is 18.0 Å². The molecule has 0 unspecified atom stereocenters. The Hall–Kier alpha value is -0.840. The third-order valence-corrected chi connectivity index (χ3v) is 5.49. The summed E-state index contributed by atoms with van der Waals surface area (Å²) in [6.45, 7) is 0.861. The van der Waals surface area contributed by atoms with E-state index in [0.717, 1.165) is 42.8 Å². The number of hydrogen-bond acceptors (Lipinski definition) is 2. The maximum absolute atomic E-state index is 11.5. The van der Waals surface area contributed by atoms with Crippen molar-refractivity contribution in [1.82, 2.24) is 10.2 Å². The number of nitrogens with one attached hydrogen (secondary N) is 1. The van der Waals surface area contributed by atoms with E-state index in [9.17, 15) is 4.79 Å². The zero-order valence-electron chi connectivity index (χ0n) is 11.3. The Kier molecular flexibility index (Phi) is 3.65. The quantitative estimate of drug-likeness (QED) is 0.751. The van der Waals surface area contributed by atoms with Gasteiger partial charge < -0.3 is 16.0 Å². The number of hydrogen-bond donors (Lipinski definition) is 2. The van der Waals surface area contributed by atoms with E-state index in [0.29, 0.717) is 6.04 Å². The van der Waals surface area contributed by atoms with Gasteiger partial charge in [0.15, 0.2) is 5.11 Å². The predicted octanol–water partition coefficient (Wildman–Crippen LogP) is 1.39. The average molecular weight is 281 g/mol. The number of primary amides is 1. The number of fused-ring (bicyclic) bond motifs is 2. The second kappa shape index (κ2) is 5.27. The first-order chi connectivity index (χ1) is 9.15. The molecule has 3 rings (SSSR count). The number of likely N-dealkylation sites (tertiary alicyclic amines) is 1. The van der Waals surface area contributed by atoms with Gasteiger partial charge in [0, 0.05) is 12.6 Å². The van der Waals surface area contributed by atoms with Gasteiger partial charge >= 0.3 is 0 Å². The van der Waals surface area contributed by atoms with Crippen molar-refractivity contribution in [2.75, 3.05) is 6.54 Å². The monoisotopic (exact) mass is 281 g/mol. The molecule has 1 aliphatic heterocycles. The minimum Gasteiger partial charge on any atom is -0.368 e. The molecule has 1 heterocycles. The molecule has 3 N–H and O–H groups in total. The molecule has 0 spiro atoms. The number of nitrogens with zero attached hydrogens (tertiary/aromatic N) is 1. The van der Waals surface area contributed by atoms with E-state index in [1.54, 1.807) is 0 Å². The number of rotatable bonds is 2. The van der Waals surface area contributed by atoms with Gasteiger partial charge in [-0.2, -0.15) is 0 Å². The van der Waals surface area contributed by atoms with Crippen LogP contribution >= 0.6 is 12.2 Å². The Morgan fingerprint density at radius 3 is 2.68 bits per heavy atom. The topological polar surface area (TPSA) is 58.4 Å². The fourth-order valence-electron chi connectivity index (χ4n) is 4.13. The number of amides is 1. The van der Waals surface area contributed by atoms with Gasteiger partial charge in [-0.15, -0.1) is 0 Å². The molecule has 2 aliphatic carbocycles. The lowest BCUT2D eigenvalue weighted by molar-refractivity contribution is -0.122. The van der Waals surface area contributed by atoms with Crippen LogP contribution in [0.25, 0.3) is 0 Å². The summed E-state index contributed by atoms with van der Waals surface area (Å²) in [7, 11) is 0. The second-order valence-electron chi connectivity index (χ2n) is 6.34. The fraction of sp³-hybridized carbons (Fsp3) is 0.857. The molecule has 0 radical (unpaired) electrons. The highest BCUT2D eigenvalue weighted by Gasteiger charge is 2.40. The molecular weight excluding hydrogens is 258 g/mol. The molecule has 2 bridgehead atoms. The van der Waals surface area contributed by atoms with Crippen LogP contribution in [0.1, 0.15) is 44.9 Å². The Morgan fingerprint density at radius 2 is 2.05 bits per heavy atom. The normalized spacial score (nSPS) is 37.4. The Morgan fingerprint density at radius 1 is 1.21 bits per heavy atom. The van der Waals surface area contributed by atoms with Crippen molar-refractivity contribution in [3.63, 3.8) is 0 Å². The maximum atomic E-state index is 11.5. The molecule has 3 aliphatic rings. The van der Waals surface area contributed by atoms with Crippen LogP contribution in [0, 0.1) is 11.8 Å². The van der Waals surface area contributed by atoms with E-state index in [1.165, 1.54) is 25.7 Å². The van der Waals surface area contributed by atoms with Crippen LogP contribution in [0.15, 0.2) is 0 Å². The van der Waals surface area contributed by atoms with E-state index in [2.05, 4.69) is 5.32 Å². The molecule has 4 atom stereocenters. The SMILES string of the molecule is NC(=O)[C@@H]1CCCCN1C(=S)N[C@H]1C[C@@H]2CC[C@@H]1C2. The number of carbonyl (C=O) groups is 1. The first-order valence-electron chi connectivity index (χ1n) is 7.51. The van der Waals surface area contributed by atoms with Gasteiger partial charge in [0.1, 0.15) is 6.04 Å². The summed E-state index contributed by atoms with van der Waals surface area (Å²) in [6, 6.07) is 0.328. The smallest absolute Gasteiger partial charge is 0.240 e. The molecule has 0 aromatic carbocycles. The van der Waals surface area contributed by atoms with Crippen molar-refractivity contribution >= 4 is 23.2 Å². The fourth-order valence-corrected chi connectivity index (χ4v) is 4.50. The van der Waals surface area contributed by atoms with Crippen molar-refractivity contribution in [1.29, 1.82) is 0 Å². The number of piperidine rings is 1. The van der Waals surface area contributed by atoms with Gasteiger partial charge in [-0.3, -0.25) is 4.79 Å². The van der Waals surface area contributed by atoms with Gasteiger partial charge in [0.25, 0.3) is 0 Å². The number of nitrogens with two attached hydrogens (primary N) is 1. The molecule has 19 heavy (non-hydrogen) atoms. The zero-order valence-corrected chi connectivity index (χ0v) is 12.1.